The second kappa shape index (κ2) is 8.24. The zero-order valence-corrected chi connectivity index (χ0v) is 17.4. The lowest BCUT2D eigenvalue weighted by atomic mass is 9.65. The summed E-state index contributed by atoms with van der Waals surface area (Å²) in [6.45, 7) is 0.192. The van der Waals surface area contributed by atoms with Gasteiger partial charge in [0.2, 0.25) is 0 Å². The number of carbonyl (C=O) groups is 1. The second-order valence-electron chi connectivity index (χ2n) is 7.98. The van der Waals surface area contributed by atoms with Crippen LogP contribution in [-0.4, -0.2) is 12.1 Å². The molecule has 2 atom stereocenters. The Hall–Kier alpha value is -4.04. The van der Waals surface area contributed by atoms with Crippen molar-refractivity contribution in [3.8, 4) is 6.07 Å². The van der Waals surface area contributed by atoms with Crippen molar-refractivity contribution < 1.29 is 18.7 Å². The number of nitrogens with zero attached hydrogens (tertiary/aromatic N) is 1. The molecule has 1 aliphatic heterocycles. The smallest absolute Gasteiger partial charge is 0.337 e. The van der Waals surface area contributed by atoms with Gasteiger partial charge >= 0.3 is 5.97 Å². The predicted molar refractivity (Wildman–Crippen MR) is 118 cm³/mol. The quantitative estimate of drug-likeness (QED) is 0.520. The maximum Gasteiger partial charge on any atom is 0.337 e. The van der Waals surface area contributed by atoms with Gasteiger partial charge in [-0.15, -0.1) is 0 Å². The van der Waals surface area contributed by atoms with Crippen molar-refractivity contribution in [2.75, 3.05) is 0 Å². The molecule has 5 nitrogen and oxygen atoms in total. The standard InChI is InChI=1S/C27H21NO4/c28-17-22-25(20-10-5-2-6-11-20)32-23-16-27(22,24-12-7-15-30-24)14-13-21(23)26(29)31-18-19-8-3-1-4-9-19/h1-13,15,23H,14,16,18H2. The van der Waals surface area contributed by atoms with Crippen LogP contribution in [0.1, 0.15) is 29.7 Å². The highest BCUT2D eigenvalue weighted by atomic mass is 16.5. The first-order valence-electron chi connectivity index (χ1n) is 10.5. The van der Waals surface area contributed by atoms with Crippen LogP contribution in [0.4, 0.5) is 0 Å². The Labute approximate surface area is 186 Å². The van der Waals surface area contributed by atoms with E-state index >= 15 is 0 Å². The summed E-state index contributed by atoms with van der Waals surface area (Å²) in [7, 11) is 0. The lowest BCUT2D eigenvalue weighted by Gasteiger charge is -2.43. The minimum atomic E-state index is -0.685. The van der Waals surface area contributed by atoms with Gasteiger partial charge in [-0.05, 0) is 24.1 Å². The normalized spacial score (nSPS) is 21.8. The summed E-state index contributed by atoms with van der Waals surface area (Å²) in [6, 6.07) is 25.2. The van der Waals surface area contributed by atoms with Crippen LogP contribution >= 0.6 is 0 Å². The molecule has 2 unspecified atom stereocenters. The highest BCUT2D eigenvalue weighted by Gasteiger charge is 2.51. The molecule has 0 amide bonds. The van der Waals surface area contributed by atoms with E-state index in [0.29, 0.717) is 35.5 Å². The predicted octanol–water partition coefficient (Wildman–Crippen LogP) is 5.31. The molecular weight excluding hydrogens is 402 g/mol. The van der Waals surface area contributed by atoms with E-state index in [-0.39, 0.29) is 6.61 Å². The molecule has 2 bridgehead atoms. The third kappa shape index (κ3) is 3.40. The number of ether oxygens (including phenoxy) is 2. The number of fused-ring (bicyclic) bond motifs is 2. The minimum Gasteiger partial charge on any atom is -0.484 e. The number of hydrogen-bond acceptors (Lipinski definition) is 5. The van der Waals surface area contributed by atoms with Gasteiger partial charge in [-0.2, -0.15) is 5.26 Å². The van der Waals surface area contributed by atoms with Crippen LogP contribution in [0.3, 0.4) is 0 Å². The van der Waals surface area contributed by atoms with Crippen molar-refractivity contribution in [2.24, 2.45) is 0 Å². The van der Waals surface area contributed by atoms with Gasteiger partial charge in [-0.1, -0.05) is 66.7 Å². The molecule has 1 aromatic heterocycles. The van der Waals surface area contributed by atoms with Gasteiger partial charge in [0.15, 0.2) is 0 Å². The Morgan fingerprint density at radius 2 is 1.81 bits per heavy atom. The fourth-order valence-corrected chi connectivity index (χ4v) is 4.51. The number of carbonyl (C=O) groups excluding carboxylic acids is 1. The molecule has 1 aliphatic carbocycles. The maximum absolute atomic E-state index is 13.0. The van der Waals surface area contributed by atoms with Gasteiger partial charge in [-0.3, -0.25) is 0 Å². The summed E-state index contributed by atoms with van der Waals surface area (Å²) < 4.78 is 17.7. The molecule has 5 rings (SSSR count). The summed E-state index contributed by atoms with van der Waals surface area (Å²) in [5.41, 5.74) is 2.03. The molecule has 0 saturated carbocycles. The molecule has 32 heavy (non-hydrogen) atoms. The van der Waals surface area contributed by atoms with Crippen LogP contribution in [-0.2, 0) is 26.3 Å². The number of benzene rings is 2. The number of rotatable bonds is 5. The average Bonchev–Trinajstić information content (AvgIpc) is 3.39. The van der Waals surface area contributed by atoms with Gasteiger partial charge in [-0.25, -0.2) is 4.79 Å². The van der Waals surface area contributed by atoms with Gasteiger partial charge in [0, 0.05) is 12.0 Å². The Morgan fingerprint density at radius 3 is 2.50 bits per heavy atom. The lowest BCUT2D eigenvalue weighted by Crippen LogP contribution is -2.43. The molecule has 2 aromatic carbocycles. The van der Waals surface area contributed by atoms with Crippen LogP contribution in [0.15, 0.2) is 101 Å². The minimum absolute atomic E-state index is 0.192. The number of allylic oxidation sites excluding steroid dienone is 2. The summed E-state index contributed by atoms with van der Waals surface area (Å²) in [5.74, 6) is 0.783. The second-order valence-corrected chi connectivity index (χ2v) is 7.98. The van der Waals surface area contributed by atoms with Crippen molar-refractivity contribution in [3.63, 3.8) is 0 Å². The number of esters is 1. The van der Waals surface area contributed by atoms with E-state index in [1.165, 1.54) is 0 Å². The zero-order chi connectivity index (χ0) is 22.0. The first-order chi connectivity index (χ1) is 15.7. The van der Waals surface area contributed by atoms with E-state index in [1.54, 1.807) is 6.26 Å². The summed E-state index contributed by atoms with van der Waals surface area (Å²) in [6.07, 6.45) is 3.80. The SMILES string of the molecule is N#CC1=C(c2ccccc2)OC2CC1(c1ccco1)CC=C2C(=O)OCc1ccccc1. The number of hydrogen-bond donors (Lipinski definition) is 0. The van der Waals surface area contributed by atoms with Crippen molar-refractivity contribution in [2.45, 2.75) is 31.0 Å². The third-order valence-electron chi connectivity index (χ3n) is 6.11. The van der Waals surface area contributed by atoms with Crippen molar-refractivity contribution in [3.05, 3.63) is 113 Å². The topological polar surface area (TPSA) is 72.5 Å². The maximum atomic E-state index is 13.0. The molecular formula is C27H21NO4. The molecule has 0 radical (unpaired) electrons. The van der Waals surface area contributed by atoms with Crippen LogP contribution in [0.2, 0.25) is 0 Å². The molecule has 2 aliphatic rings. The Bertz CT molecular complexity index is 1220. The van der Waals surface area contributed by atoms with Crippen LogP contribution in [0.25, 0.3) is 5.76 Å². The van der Waals surface area contributed by atoms with Crippen molar-refractivity contribution in [1.82, 2.24) is 0 Å². The first-order valence-corrected chi connectivity index (χ1v) is 10.5. The molecule has 0 saturated heterocycles. The van der Waals surface area contributed by atoms with Crippen LogP contribution in [0.5, 0.6) is 0 Å². The Balaban J connectivity index is 1.51. The van der Waals surface area contributed by atoms with Crippen LogP contribution in [0, 0.1) is 11.3 Å². The molecule has 0 fully saturated rings. The van der Waals surface area contributed by atoms with E-state index in [0.717, 1.165) is 11.1 Å². The largest absolute Gasteiger partial charge is 0.484 e. The average molecular weight is 423 g/mol. The molecule has 2 heterocycles. The number of furan rings is 1. The van der Waals surface area contributed by atoms with E-state index in [1.807, 2.05) is 78.9 Å². The van der Waals surface area contributed by atoms with Crippen molar-refractivity contribution in [1.29, 1.82) is 5.26 Å². The Kier molecular flexibility index (Phi) is 5.12. The fourth-order valence-electron chi connectivity index (χ4n) is 4.51. The molecule has 5 heteroatoms. The van der Waals surface area contributed by atoms with Gasteiger partial charge in [0.25, 0.3) is 0 Å². The summed E-state index contributed by atoms with van der Waals surface area (Å²) in [5, 5.41) is 10.1. The van der Waals surface area contributed by atoms with E-state index in [9.17, 15) is 10.1 Å². The van der Waals surface area contributed by atoms with Gasteiger partial charge in [0.1, 0.15) is 24.2 Å². The lowest BCUT2D eigenvalue weighted by molar-refractivity contribution is -0.141. The van der Waals surface area contributed by atoms with E-state index in [4.69, 9.17) is 13.9 Å². The Morgan fingerprint density at radius 1 is 1.06 bits per heavy atom. The molecule has 158 valence electrons. The van der Waals surface area contributed by atoms with Crippen LogP contribution < -0.4 is 0 Å². The van der Waals surface area contributed by atoms with E-state index in [2.05, 4.69) is 6.07 Å². The highest BCUT2D eigenvalue weighted by Crippen LogP contribution is 2.52. The zero-order valence-electron chi connectivity index (χ0n) is 17.4. The monoisotopic (exact) mass is 423 g/mol. The molecule has 0 N–H and O–H groups in total. The van der Waals surface area contributed by atoms with E-state index < -0.39 is 17.5 Å². The van der Waals surface area contributed by atoms with Crippen molar-refractivity contribution >= 4 is 11.7 Å². The molecule has 3 aromatic rings. The third-order valence-corrected chi connectivity index (χ3v) is 6.11. The summed E-state index contributed by atoms with van der Waals surface area (Å²) >= 11 is 0. The van der Waals surface area contributed by atoms with Gasteiger partial charge in [0.05, 0.1) is 28.9 Å². The summed E-state index contributed by atoms with van der Waals surface area (Å²) in [4.78, 5) is 13.0. The fraction of sp³-hybridized carbons (Fsp3) is 0.185. The van der Waals surface area contributed by atoms with Gasteiger partial charge < -0.3 is 13.9 Å². The first kappa shape index (κ1) is 19.9. The number of nitriles is 1. The molecule has 0 spiro atoms. The highest BCUT2D eigenvalue weighted by molar-refractivity contribution is 5.91.